The summed E-state index contributed by atoms with van der Waals surface area (Å²) in [4.78, 5) is 76.9. The molecule has 50 heavy (non-hydrogen) atoms. The lowest BCUT2D eigenvalue weighted by molar-refractivity contribution is -0.137. The maximum absolute atomic E-state index is 12.3. The van der Waals surface area contributed by atoms with Gasteiger partial charge in [-0.3, -0.25) is 14.9 Å². The lowest BCUT2D eigenvalue weighted by atomic mass is 9.80. The second kappa shape index (κ2) is 21.5. The minimum Gasteiger partial charge on any atom is -0.481 e. The summed E-state index contributed by atoms with van der Waals surface area (Å²) in [7, 11) is 0. The Hall–Kier alpha value is -4.57. The summed E-state index contributed by atoms with van der Waals surface area (Å²) in [5.41, 5.74) is -0.161. The number of nitrogens with one attached hydrogen (secondary N) is 6. The zero-order chi connectivity index (χ0) is 37.9. The van der Waals surface area contributed by atoms with Gasteiger partial charge in [0.05, 0.1) is 6.42 Å². The molecule has 0 spiro atoms. The number of urea groups is 1. The number of aliphatic carboxylic acids is 1. The lowest BCUT2D eigenvalue weighted by Crippen LogP contribution is -2.36. The van der Waals surface area contributed by atoms with Crippen molar-refractivity contribution in [3.8, 4) is 0 Å². The Morgan fingerprint density at radius 3 is 1.92 bits per heavy atom. The fraction of sp³-hybridized carbons (Fsp3) is 0.727. The fourth-order valence-corrected chi connectivity index (χ4v) is 5.34. The predicted octanol–water partition coefficient (Wildman–Crippen LogP) is 4.13. The Labute approximate surface area is 293 Å². The van der Waals surface area contributed by atoms with Crippen molar-refractivity contribution in [1.82, 2.24) is 31.2 Å². The monoisotopic (exact) mass is 711 g/mol. The molecule has 1 rings (SSSR count). The smallest absolute Gasteiger partial charge is 0.407 e. The van der Waals surface area contributed by atoms with Gasteiger partial charge in [-0.2, -0.15) is 4.98 Å². The molecule has 1 aromatic heterocycles. The third-order valence-corrected chi connectivity index (χ3v) is 7.57. The molecule has 1 aromatic rings. The van der Waals surface area contributed by atoms with Crippen molar-refractivity contribution in [1.29, 1.82) is 0 Å². The molecule has 0 saturated carbocycles. The van der Waals surface area contributed by atoms with Crippen LogP contribution < -0.4 is 32.1 Å². The van der Waals surface area contributed by atoms with E-state index in [0.717, 1.165) is 12.8 Å². The molecule has 0 fully saturated rings. The first-order valence-corrected chi connectivity index (χ1v) is 16.9. The number of aromatic amines is 1. The molecule has 0 aliphatic carbocycles. The maximum Gasteiger partial charge on any atom is 0.407 e. The van der Waals surface area contributed by atoms with Crippen LogP contribution in [0.5, 0.6) is 0 Å². The number of alkyl carbamates (subject to hydrolysis) is 3. The number of hydrogen-bond acceptors (Lipinski definition) is 10. The van der Waals surface area contributed by atoms with E-state index < -0.39 is 41.9 Å². The molecule has 0 bridgehead atoms. The van der Waals surface area contributed by atoms with Gasteiger partial charge in [0.1, 0.15) is 19.3 Å². The number of H-pyrrole nitrogens is 1. The number of carbonyl (C=O) groups excluding carboxylic acids is 4. The van der Waals surface area contributed by atoms with Crippen molar-refractivity contribution in [2.45, 2.75) is 93.6 Å². The van der Waals surface area contributed by atoms with E-state index in [9.17, 15) is 28.8 Å². The van der Waals surface area contributed by atoms with Crippen LogP contribution in [-0.4, -0.2) is 90.9 Å². The van der Waals surface area contributed by atoms with Gasteiger partial charge in [0.2, 0.25) is 5.95 Å². The van der Waals surface area contributed by atoms with Crippen LogP contribution >= 0.6 is 0 Å². The number of carboxylic acids is 1. The van der Waals surface area contributed by atoms with Gasteiger partial charge in [-0.1, -0.05) is 41.5 Å². The molecule has 0 aliphatic heterocycles. The van der Waals surface area contributed by atoms with Crippen molar-refractivity contribution in [3.63, 3.8) is 0 Å². The van der Waals surface area contributed by atoms with Crippen LogP contribution in [0.25, 0.3) is 0 Å². The summed E-state index contributed by atoms with van der Waals surface area (Å²) in [6.07, 6.45) is 0.0115. The Morgan fingerprint density at radius 1 is 0.840 bits per heavy atom. The van der Waals surface area contributed by atoms with Gasteiger partial charge in [0.25, 0.3) is 5.56 Å². The van der Waals surface area contributed by atoms with Crippen molar-refractivity contribution in [2.24, 2.45) is 22.7 Å². The molecule has 1 heterocycles. The van der Waals surface area contributed by atoms with Gasteiger partial charge in [-0.25, -0.2) is 19.2 Å². The molecule has 0 aliphatic rings. The van der Waals surface area contributed by atoms with Gasteiger partial charge in [-0.05, 0) is 62.2 Å². The SMILES string of the molecule is Cc1cc(=O)nc(NC(=O)NCC(C)CC(C)(C)CCNC(=O)OCC(C)OC(=O)NCC(C)CC(C)(C)CCNC(=O)OCCC(=O)O)[nH]1. The molecule has 0 radical (unpaired) electrons. The first-order chi connectivity index (χ1) is 23.2. The first-order valence-electron chi connectivity index (χ1n) is 16.9. The van der Waals surface area contributed by atoms with E-state index in [-0.39, 0.29) is 48.2 Å². The number of hydrogen-bond donors (Lipinski definition) is 7. The lowest BCUT2D eigenvalue weighted by Gasteiger charge is -2.28. The highest BCUT2D eigenvalue weighted by Crippen LogP contribution is 2.29. The topological polar surface area (TPSA) is 239 Å². The van der Waals surface area contributed by atoms with Crippen LogP contribution in [0.15, 0.2) is 10.9 Å². The number of carbonyl (C=O) groups is 5. The van der Waals surface area contributed by atoms with Gasteiger partial charge >= 0.3 is 30.3 Å². The van der Waals surface area contributed by atoms with Gasteiger partial charge in [0.15, 0.2) is 0 Å². The highest BCUT2D eigenvalue weighted by atomic mass is 16.6. The molecule has 5 amide bonds. The average Bonchev–Trinajstić information content (AvgIpc) is 2.96. The van der Waals surface area contributed by atoms with E-state index in [2.05, 4.69) is 50.4 Å². The summed E-state index contributed by atoms with van der Waals surface area (Å²) in [5, 5.41) is 21.9. The summed E-state index contributed by atoms with van der Waals surface area (Å²) in [5.74, 6) is -0.728. The summed E-state index contributed by atoms with van der Waals surface area (Å²) < 4.78 is 15.3. The molecule has 17 heteroatoms. The number of amides is 5. The largest absolute Gasteiger partial charge is 0.481 e. The van der Waals surface area contributed by atoms with Crippen LogP contribution in [0.4, 0.5) is 25.1 Å². The van der Waals surface area contributed by atoms with E-state index in [1.54, 1.807) is 13.8 Å². The minimum absolute atomic E-state index is 0.0766. The summed E-state index contributed by atoms with van der Waals surface area (Å²) >= 11 is 0. The molecular formula is C33H57N7O10. The minimum atomic E-state index is -1.04. The molecule has 0 aromatic carbocycles. The summed E-state index contributed by atoms with van der Waals surface area (Å²) in [6, 6.07) is 0.856. The van der Waals surface area contributed by atoms with Gasteiger partial charge in [0, 0.05) is 37.9 Å². The number of anilines is 1. The number of ether oxygens (including phenoxy) is 3. The highest BCUT2D eigenvalue weighted by Gasteiger charge is 2.24. The van der Waals surface area contributed by atoms with E-state index in [4.69, 9.17) is 19.3 Å². The van der Waals surface area contributed by atoms with Gasteiger partial charge in [-0.15, -0.1) is 0 Å². The zero-order valence-corrected chi connectivity index (χ0v) is 30.7. The van der Waals surface area contributed by atoms with Crippen LogP contribution in [0.3, 0.4) is 0 Å². The number of carboxylic acid groups (broad SMARTS) is 1. The quantitative estimate of drug-likeness (QED) is 0.0895. The van der Waals surface area contributed by atoms with Crippen molar-refractivity contribution in [2.75, 3.05) is 44.7 Å². The van der Waals surface area contributed by atoms with E-state index >= 15 is 0 Å². The van der Waals surface area contributed by atoms with Crippen LogP contribution in [-0.2, 0) is 19.0 Å². The summed E-state index contributed by atoms with van der Waals surface area (Å²) in [6.45, 7) is 16.7. The van der Waals surface area contributed by atoms with Gasteiger partial charge < -0.3 is 45.6 Å². The predicted molar refractivity (Wildman–Crippen MR) is 186 cm³/mol. The first kappa shape index (κ1) is 43.5. The number of nitrogens with zero attached hydrogens (tertiary/aromatic N) is 1. The van der Waals surface area contributed by atoms with Crippen molar-refractivity contribution >= 4 is 36.2 Å². The van der Waals surface area contributed by atoms with E-state index in [1.807, 2.05) is 27.7 Å². The second-order valence-electron chi connectivity index (χ2n) is 14.4. The normalized spacial score (nSPS) is 13.2. The second-order valence-corrected chi connectivity index (χ2v) is 14.4. The third kappa shape index (κ3) is 21.4. The highest BCUT2D eigenvalue weighted by molar-refractivity contribution is 5.87. The molecule has 3 atom stereocenters. The number of aromatic nitrogens is 2. The Morgan fingerprint density at radius 2 is 1.38 bits per heavy atom. The van der Waals surface area contributed by atoms with E-state index in [0.29, 0.717) is 44.7 Å². The van der Waals surface area contributed by atoms with Crippen LogP contribution in [0.1, 0.15) is 86.3 Å². The molecule has 284 valence electrons. The van der Waals surface area contributed by atoms with Crippen molar-refractivity contribution < 1.29 is 43.3 Å². The zero-order valence-electron chi connectivity index (χ0n) is 30.7. The maximum atomic E-state index is 12.3. The van der Waals surface area contributed by atoms with E-state index in [1.165, 1.54) is 6.07 Å². The number of aryl methyl sites for hydroxylation is 1. The molecule has 0 saturated heterocycles. The molecule has 3 unspecified atom stereocenters. The number of rotatable bonds is 21. The Balaban J connectivity index is 2.23. The Bertz CT molecular complexity index is 1320. The Kier molecular flexibility index (Phi) is 18.7. The molecular weight excluding hydrogens is 654 g/mol. The fourth-order valence-electron chi connectivity index (χ4n) is 5.34. The van der Waals surface area contributed by atoms with Crippen molar-refractivity contribution in [3.05, 3.63) is 22.1 Å². The standard InChI is InChI=1S/C33H57N7O10/c1-21(18-36-28(44)40-27-38-23(3)15-25(41)39-27)16-32(5,6)11-13-35-30(46)49-20-24(4)50-31(47)37-19-22(2)17-33(7,8)10-12-34-29(45)48-14-9-26(42)43/h15,21-22,24H,9-14,16-20H2,1-8H3,(H,34,45)(H,35,46)(H,37,47)(H,42,43)(H3,36,38,39,40,41,44). The molecule has 17 nitrogen and oxygen atoms in total. The average molecular weight is 712 g/mol. The van der Waals surface area contributed by atoms with Crippen LogP contribution in [0.2, 0.25) is 0 Å². The van der Waals surface area contributed by atoms with Crippen LogP contribution in [0, 0.1) is 29.6 Å². The molecule has 7 N–H and O–H groups in total. The third-order valence-electron chi connectivity index (χ3n) is 7.57.